The minimum atomic E-state index is -0.989. The van der Waals surface area contributed by atoms with Crippen LogP contribution in [0.1, 0.15) is 22.2 Å². The molecular weight excluding hydrogens is 336 g/mol. The van der Waals surface area contributed by atoms with Crippen molar-refractivity contribution in [2.45, 2.75) is 30.7 Å². The Balaban J connectivity index is 1.44. The third kappa shape index (κ3) is 3.50. The average molecular weight is 356 g/mol. The first-order chi connectivity index (χ1) is 12.7. The number of rotatable bonds is 3. The lowest BCUT2D eigenvalue weighted by Gasteiger charge is -2.44. The van der Waals surface area contributed by atoms with E-state index in [1.807, 2.05) is 36.4 Å². The Kier molecular flexibility index (Phi) is 4.99. The number of benzene rings is 2. The van der Waals surface area contributed by atoms with Gasteiger partial charge in [-0.25, -0.2) is 4.79 Å². The van der Waals surface area contributed by atoms with E-state index < -0.39 is 36.7 Å². The summed E-state index contributed by atoms with van der Waals surface area (Å²) in [6.45, 7) is 0.407. The summed E-state index contributed by atoms with van der Waals surface area (Å²) < 4.78 is 22.8. The van der Waals surface area contributed by atoms with Crippen molar-refractivity contribution in [2.75, 3.05) is 13.2 Å². The van der Waals surface area contributed by atoms with E-state index in [2.05, 4.69) is 0 Å². The molecule has 2 heterocycles. The highest BCUT2D eigenvalue weighted by Crippen LogP contribution is 2.33. The summed E-state index contributed by atoms with van der Waals surface area (Å²) >= 11 is 0. The molecule has 0 spiro atoms. The van der Waals surface area contributed by atoms with Crippen LogP contribution in [0.3, 0.4) is 0 Å². The Bertz CT molecular complexity index is 734. The average Bonchev–Trinajstić information content (AvgIpc) is 2.71. The smallest absolute Gasteiger partial charge is 0.338 e. The van der Waals surface area contributed by atoms with E-state index in [0.29, 0.717) is 12.2 Å². The van der Waals surface area contributed by atoms with Crippen LogP contribution in [0.15, 0.2) is 60.7 Å². The van der Waals surface area contributed by atoms with Crippen molar-refractivity contribution in [3.8, 4) is 0 Å². The summed E-state index contributed by atoms with van der Waals surface area (Å²) in [5.41, 5.74) is 1.29. The summed E-state index contributed by atoms with van der Waals surface area (Å²) in [4.78, 5) is 12.2. The first kappa shape index (κ1) is 17.2. The number of ether oxygens (including phenoxy) is 4. The molecule has 2 aliphatic heterocycles. The van der Waals surface area contributed by atoms with Gasteiger partial charge in [-0.2, -0.15) is 0 Å². The predicted molar refractivity (Wildman–Crippen MR) is 91.4 cm³/mol. The highest BCUT2D eigenvalue weighted by Gasteiger charge is 2.46. The van der Waals surface area contributed by atoms with Gasteiger partial charge in [0.05, 0.1) is 18.8 Å². The number of hydrogen-bond donors (Lipinski definition) is 1. The van der Waals surface area contributed by atoms with E-state index in [9.17, 15) is 9.90 Å². The largest absolute Gasteiger partial charge is 0.453 e. The maximum absolute atomic E-state index is 12.2. The number of hydrogen-bond acceptors (Lipinski definition) is 6. The van der Waals surface area contributed by atoms with Gasteiger partial charge in [0.2, 0.25) is 0 Å². The molecule has 2 aromatic rings. The zero-order valence-corrected chi connectivity index (χ0v) is 14.1. The number of carbonyl (C=O) groups excluding carboxylic acids is 1. The predicted octanol–water partition coefficient (Wildman–Crippen LogP) is 2.09. The fourth-order valence-corrected chi connectivity index (χ4v) is 3.19. The lowest BCUT2D eigenvalue weighted by atomic mass is 9.98. The summed E-state index contributed by atoms with van der Waals surface area (Å²) in [5.74, 6) is -0.497. The minimum absolute atomic E-state index is 0.101. The van der Waals surface area contributed by atoms with E-state index in [-0.39, 0.29) is 6.61 Å². The number of aliphatic hydroxyl groups is 1. The van der Waals surface area contributed by atoms with Crippen LogP contribution in [-0.2, 0) is 18.9 Å². The second-order valence-corrected chi connectivity index (χ2v) is 6.35. The minimum Gasteiger partial charge on any atom is -0.453 e. The molecule has 0 saturated carbocycles. The molecule has 0 aliphatic carbocycles. The van der Waals surface area contributed by atoms with Crippen LogP contribution in [-0.4, -0.2) is 48.7 Å². The summed E-state index contributed by atoms with van der Waals surface area (Å²) in [7, 11) is 0. The van der Waals surface area contributed by atoms with Crippen LogP contribution in [0.4, 0.5) is 0 Å². The molecule has 2 fully saturated rings. The molecule has 6 heteroatoms. The van der Waals surface area contributed by atoms with Crippen molar-refractivity contribution in [1.82, 2.24) is 0 Å². The molecule has 0 amide bonds. The van der Waals surface area contributed by atoms with Crippen molar-refractivity contribution in [2.24, 2.45) is 0 Å². The maximum Gasteiger partial charge on any atom is 0.338 e. The fraction of sp³-hybridized carbons (Fsp3) is 0.350. The van der Waals surface area contributed by atoms with Gasteiger partial charge in [0, 0.05) is 5.56 Å². The Morgan fingerprint density at radius 1 is 0.962 bits per heavy atom. The quantitative estimate of drug-likeness (QED) is 0.849. The van der Waals surface area contributed by atoms with Gasteiger partial charge in [-0.1, -0.05) is 48.5 Å². The summed E-state index contributed by atoms with van der Waals surface area (Å²) in [5, 5.41) is 10.7. The molecule has 136 valence electrons. The lowest BCUT2D eigenvalue weighted by molar-refractivity contribution is -0.313. The molecule has 1 N–H and O–H groups in total. The normalized spacial score (nSPS) is 31.0. The first-order valence-corrected chi connectivity index (χ1v) is 8.60. The van der Waals surface area contributed by atoms with Crippen LogP contribution in [0.25, 0.3) is 0 Å². The summed E-state index contributed by atoms with van der Waals surface area (Å²) in [6, 6.07) is 18.2. The molecule has 5 atom stereocenters. The molecule has 4 rings (SSSR count). The Morgan fingerprint density at radius 2 is 1.65 bits per heavy atom. The fourth-order valence-electron chi connectivity index (χ4n) is 3.19. The van der Waals surface area contributed by atoms with Gasteiger partial charge in [0.1, 0.15) is 18.3 Å². The van der Waals surface area contributed by atoms with Crippen molar-refractivity contribution in [1.29, 1.82) is 0 Å². The zero-order chi connectivity index (χ0) is 17.9. The van der Waals surface area contributed by atoms with Crippen LogP contribution < -0.4 is 0 Å². The maximum atomic E-state index is 12.2. The number of aliphatic hydroxyl groups excluding tert-OH is 1. The molecular formula is C20H20O6. The van der Waals surface area contributed by atoms with Gasteiger partial charge in [0.25, 0.3) is 0 Å². The van der Waals surface area contributed by atoms with Gasteiger partial charge in [0.15, 0.2) is 12.4 Å². The van der Waals surface area contributed by atoms with E-state index in [4.69, 9.17) is 18.9 Å². The highest BCUT2D eigenvalue weighted by atomic mass is 16.7. The molecule has 2 saturated heterocycles. The highest BCUT2D eigenvalue weighted by molar-refractivity contribution is 5.89. The monoisotopic (exact) mass is 356 g/mol. The Labute approximate surface area is 151 Å². The molecule has 1 unspecified atom stereocenters. The Morgan fingerprint density at radius 3 is 2.38 bits per heavy atom. The Hall–Kier alpha value is -2.25. The van der Waals surface area contributed by atoms with Gasteiger partial charge in [-0.3, -0.25) is 0 Å². The molecule has 0 bridgehead atoms. The van der Waals surface area contributed by atoms with E-state index in [1.54, 1.807) is 24.3 Å². The second-order valence-electron chi connectivity index (χ2n) is 6.35. The van der Waals surface area contributed by atoms with Crippen molar-refractivity contribution in [3.05, 3.63) is 71.8 Å². The van der Waals surface area contributed by atoms with Crippen LogP contribution >= 0.6 is 0 Å². The van der Waals surface area contributed by atoms with E-state index in [0.717, 1.165) is 5.56 Å². The molecule has 6 nitrogen and oxygen atoms in total. The van der Waals surface area contributed by atoms with Crippen molar-refractivity contribution in [3.63, 3.8) is 0 Å². The van der Waals surface area contributed by atoms with Crippen LogP contribution in [0.2, 0.25) is 0 Å². The standard InChI is InChI=1S/C20H20O6/c21-17-15(25-19(22)13-7-3-1-4-8-13)11-23-16-12-24-20(26-18(16)17)14-9-5-2-6-10-14/h1-10,15-18,20-21H,11-12H2/t15-,16+,17+,18+,20?/m0/s1. The SMILES string of the molecule is O=C(O[C@H]1CO[C@@H]2COC(c3ccccc3)O[C@H]2[C@@H]1O)c1ccccc1. The third-order valence-electron chi connectivity index (χ3n) is 4.59. The van der Waals surface area contributed by atoms with Crippen molar-refractivity contribution < 1.29 is 28.8 Å². The first-order valence-electron chi connectivity index (χ1n) is 8.60. The molecule has 2 aromatic carbocycles. The molecule has 0 radical (unpaired) electrons. The second kappa shape index (κ2) is 7.55. The van der Waals surface area contributed by atoms with Crippen molar-refractivity contribution >= 4 is 5.97 Å². The van der Waals surface area contributed by atoms with Crippen LogP contribution in [0, 0.1) is 0 Å². The molecule has 0 aromatic heterocycles. The zero-order valence-electron chi connectivity index (χ0n) is 14.1. The number of carbonyl (C=O) groups is 1. The topological polar surface area (TPSA) is 74.2 Å². The summed E-state index contributed by atoms with van der Waals surface area (Å²) in [6.07, 6.45) is -3.39. The van der Waals surface area contributed by atoms with E-state index in [1.165, 1.54) is 0 Å². The van der Waals surface area contributed by atoms with Gasteiger partial charge in [-0.05, 0) is 12.1 Å². The number of esters is 1. The number of fused-ring (bicyclic) bond motifs is 1. The van der Waals surface area contributed by atoms with Gasteiger partial charge < -0.3 is 24.1 Å². The van der Waals surface area contributed by atoms with Gasteiger partial charge >= 0.3 is 5.97 Å². The third-order valence-corrected chi connectivity index (χ3v) is 4.59. The molecule has 26 heavy (non-hydrogen) atoms. The lowest BCUT2D eigenvalue weighted by Crippen LogP contribution is -2.59. The van der Waals surface area contributed by atoms with Gasteiger partial charge in [-0.15, -0.1) is 0 Å². The van der Waals surface area contributed by atoms with Crippen LogP contribution in [0.5, 0.6) is 0 Å². The molecule has 2 aliphatic rings. The van der Waals surface area contributed by atoms with E-state index >= 15 is 0 Å².